The molecule has 3 rings (SSSR count). The zero-order chi connectivity index (χ0) is 15.7. The highest BCUT2D eigenvalue weighted by atomic mass is 16.5. The number of hydrogen-bond acceptors (Lipinski definition) is 2. The third kappa shape index (κ3) is 2.96. The van der Waals surface area contributed by atoms with Crippen LogP contribution < -0.4 is 4.74 Å². The molecule has 0 aliphatic rings. The van der Waals surface area contributed by atoms with E-state index in [-0.39, 0.29) is 5.41 Å². The van der Waals surface area contributed by atoms with Crippen LogP contribution in [0.25, 0.3) is 10.8 Å². The van der Waals surface area contributed by atoms with Crippen molar-refractivity contribution in [1.82, 2.24) is 4.98 Å². The van der Waals surface area contributed by atoms with E-state index in [1.807, 2.05) is 24.3 Å². The molecule has 0 unspecified atom stereocenters. The van der Waals surface area contributed by atoms with Gasteiger partial charge in [0.05, 0.1) is 0 Å². The molecule has 2 nitrogen and oxygen atoms in total. The van der Waals surface area contributed by atoms with Crippen LogP contribution in [0.3, 0.4) is 0 Å². The van der Waals surface area contributed by atoms with Gasteiger partial charge in [-0.1, -0.05) is 45.0 Å². The number of pyridine rings is 1. The summed E-state index contributed by atoms with van der Waals surface area (Å²) >= 11 is 0. The van der Waals surface area contributed by atoms with Crippen molar-refractivity contribution in [3.63, 3.8) is 0 Å². The predicted molar refractivity (Wildman–Crippen MR) is 91.7 cm³/mol. The van der Waals surface area contributed by atoms with Gasteiger partial charge in [-0.15, -0.1) is 0 Å². The standard InChI is InChI=1S/C20H21NO/c1-14-11-16(20(2,3)4)13-17(12-14)22-19-18-8-6-5-7-15(18)9-10-21-19/h5-13H,1-4H3. The molecule has 2 aromatic carbocycles. The number of rotatable bonds is 2. The van der Waals surface area contributed by atoms with Crippen LogP contribution >= 0.6 is 0 Å². The summed E-state index contributed by atoms with van der Waals surface area (Å²) in [4.78, 5) is 4.40. The van der Waals surface area contributed by atoms with Gasteiger partial charge in [-0.25, -0.2) is 4.98 Å². The summed E-state index contributed by atoms with van der Waals surface area (Å²) in [6.45, 7) is 8.73. The number of hydrogen-bond donors (Lipinski definition) is 0. The van der Waals surface area contributed by atoms with Gasteiger partial charge in [-0.05, 0) is 53.1 Å². The van der Waals surface area contributed by atoms with E-state index in [1.165, 1.54) is 11.1 Å². The molecule has 0 saturated heterocycles. The first kappa shape index (κ1) is 14.6. The zero-order valence-electron chi connectivity index (χ0n) is 13.6. The van der Waals surface area contributed by atoms with Gasteiger partial charge < -0.3 is 4.74 Å². The van der Waals surface area contributed by atoms with Crippen molar-refractivity contribution in [3.05, 3.63) is 65.9 Å². The van der Waals surface area contributed by atoms with Gasteiger partial charge in [0.1, 0.15) is 5.75 Å². The van der Waals surface area contributed by atoms with Crippen molar-refractivity contribution < 1.29 is 4.74 Å². The highest BCUT2D eigenvalue weighted by Gasteiger charge is 2.15. The summed E-state index contributed by atoms with van der Waals surface area (Å²) in [7, 11) is 0. The lowest BCUT2D eigenvalue weighted by Gasteiger charge is -2.20. The van der Waals surface area contributed by atoms with Crippen LogP contribution in [0.5, 0.6) is 11.6 Å². The first-order chi connectivity index (χ1) is 10.4. The van der Waals surface area contributed by atoms with Gasteiger partial charge >= 0.3 is 0 Å². The molecule has 0 atom stereocenters. The fourth-order valence-electron chi connectivity index (χ4n) is 2.52. The Morgan fingerprint density at radius 1 is 0.955 bits per heavy atom. The van der Waals surface area contributed by atoms with E-state index in [9.17, 15) is 0 Å². The van der Waals surface area contributed by atoms with Gasteiger partial charge in [0.25, 0.3) is 0 Å². The van der Waals surface area contributed by atoms with E-state index >= 15 is 0 Å². The van der Waals surface area contributed by atoms with Crippen molar-refractivity contribution in [2.24, 2.45) is 0 Å². The third-order valence-electron chi connectivity index (χ3n) is 3.77. The molecule has 0 aliphatic heterocycles. The average molecular weight is 291 g/mol. The summed E-state index contributed by atoms with van der Waals surface area (Å²) in [6, 6.07) is 16.5. The number of benzene rings is 2. The lowest BCUT2D eigenvalue weighted by Crippen LogP contribution is -2.11. The van der Waals surface area contributed by atoms with Crippen LogP contribution in [0.15, 0.2) is 54.7 Å². The van der Waals surface area contributed by atoms with Crippen LogP contribution in [-0.4, -0.2) is 4.98 Å². The Bertz CT molecular complexity index is 810. The Kier molecular flexibility index (Phi) is 3.61. The number of ether oxygens (including phenoxy) is 1. The third-order valence-corrected chi connectivity index (χ3v) is 3.77. The largest absolute Gasteiger partial charge is 0.438 e. The van der Waals surface area contributed by atoms with Crippen molar-refractivity contribution >= 4 is 10.8 Å². The molecule has 0 spiro atoms. The van der Waals surface area contributed by atoms with Crippen LogP contribution in [0.2, 0.25) is 0 Å². The van der Waals surface area contributed by atoms with E-state index in [2.05, 4.69) is 56.9 Å². The molecule has 0 aliphatic carbocycles. The molecule has 0 bridgehead atoms. The molecule has 0 radical (unpaired) electrons. The molecular formula is C20H21NO. The van der Waals surface area contributed by atoms with Crippen molar-refractivity contribution in [1.29, 1.82) is 0 Å². The number of aryl methyl sites for hydroxylation is 1. The average Bonchev–Trinajstić information content (AvgIpc) is 2.46. The van der Waals surface area contributed by atoms with E-state index < -0.39 is 0 Å². The van der Waals surface area contributed by atoms with E-state index in [0.29, 0.717) is 5.88 Å². The Hall–Kier alpha value is -2.35. The molecule has 22 heavy (non-hydrogen) atoms. The molecule has 0 N–H and O–H groups in total. The molecule has 1 heterocycles. The van der Waals surface area contributed by atoms with Gasteiger partial charge in [-0.2, -0.15) is 0 Å². The summed E-state index contributed by atoms with van der Waals surface area (Å²) < 4.78 is 6.10. The van der Waals surface area contributed by atoms with Crippen LogP contribution in [0.1, 0.15) is 31.9 Å². The molecule has 112 valence electrons. The summed E-state index contributed by atoms with van der Waals surface area (Å²) in [5, 5.41) is 2.17. The molecular weight excluding hydrogens is 270 g/mol. The van der Waals surface area contributed by atoms with E-state index in [4.69, 9.17) is 4.74 Å². The Balaban J connectivity index is 2.04. The maximum Gasteiger partial charge on any atom is 0.227 e. The number of fused-ring (bicyclic) bond motifs is 1. The monoisotopic (exact) mass is 291 g/mol. The molecule has 0 saturated carbocycles. The van der Waals surface area contributed by atoms with Crippen LogP contribution in [-0.2, 0) is 5.41 Å². The normalized spacial score (nSPS) is 11.6. The van der Waals surface area contributed by atoms with Gasteiger partial charge in [0.2, 0.25) is 5.88 Å². The minimum atomic E-state index is 0.0936. The summed E-state index contributed by atoms with van der Waals surface area (Å²) in [5.41, 5.74) is 2.56. The fraction of sp³-hybridized carbons (Fsp3) is 0.250. The maximum absolute atomic E-state index is 6.10. The van der Waals surface area contributed by atoms with Crippen LogP contribution in [0, 0.1) is 6.92 Å². The predicted octanol–water partition coefficient (Wildman–Crippen LogP) is 5.63. The highest BCUT2D eigenvalue weighted by Crippen LogP contribution is 2.32. The Morgan fingerprint density at radius 2 is 1.73 bits per heavy atom. The minimum Gasteiger partial charge on any atom is -0.438 e. The lowest BCUT2D eigenvalue weighted by molar-refractivity contribution is 0.465. The maximum atomic E-state index is 6.10. The Morgan fingerprint density at radius 3 is 2.50 bits per heavy atom. The molecule has 0 amide bonds. The zero-order valence-corrected chi connectivity index (χ0v) is 13.6. The highest BCUT2D eigenvalue weighted by molar-refractivity contribution is 5.86. The van der Waals surface area contributed by atoms with Gasteiger partial charge in [-0.3, -0.25) is 0 Å². The van der Waals surface area contributed by atoms with Gasteiger partial charge in [0, 0.05) is 11.6 Å². The first-order valence-corrected chi connectivity index (χ1v) is 7.57. The SMILES string of the molecule is Cc1cc(Oc2nccc3ccccc23)cc(C(C)(C)C)c1. The molecule has 0 fully saturated rings. The van der Waals surface area contributed by atoms with Crippen molar-refractivity contribution in [2.75, 3.05) is 0 Å². The first-order valence-electron chi connectivity index (χ1n) is 7.57. The summed E-state index contributed by atoms with van der Waals surface area (Å²) in [5.74, 6) is 1.50. The van der Waals surface area contributed by atoms with E-state index in [1.54, 1.807) is 6.20 Å². The lowest BCUT2D eigenvalue weighted by atomic mass is 9.86. The van der Waals surface area contributed by atoms with Crippen molar-refractivity contribution in [3.8, 4) is 11.6 Å². The number of aromatic nitrogens is 1. The number of nitrogens with zero attached hydrogens (tertiary/aromatic N) is 1. The second kappa shape index (κ2) is 5.45. The summed E-state index contributed by atoms with van der Waals surface area (Å²) in [6.07, 6.45) is 1.79. The van der Waals surface area contributed by atoms with Gasteiger partial charge in [0.15, 0.2) is 0 Å². The van der Waals surface area contributed by atoms with E-state index in [0.717, 1.165) is 16.5 Å². The fourth-order valence-corrected chi connectivity index (χ4v) is 2.52. The Labute approximate surface area is 131 Å². The quantitative estimate of drug-likeness (QED) is 0.610. The second-order valence-electron chi connectivity index (χ2n) is 6.72. The smallest absolute Gasteiger partial charge is 0.227 e. The second-order valence-corrected chi connectivity index (χ2v) is 6.72. The minimum absolute atomic E-state index is 0.0936. The van der Waals surface area contributed by atoms with Crippen molar-refractivity contribution in [2.45, 2.75) is 33.1 Å². The molecule has 3 aromatic rings. The molecule has 1 aromatic heterocycles. The van der Waals surface area contributed by atoms with Crippen LogP contribution in [0.4, 0.5) is 0 Å². The molecule has 2 heteroatoms. The topological polar surface area (TPSA) is 22.1 Å².